The van der Waals surface area contributed by atoms with Gasteiger partial charge in [-0.05, 0) is 44.5 Å². The summed E-state index contributed by atoms with van der Waals surface area (Å²) in [6.45, 7) is 0. The summed E-state index contributed by atoms with van der Waals surface area (Å²) in [7, 11) is 6.49. The number of primary amides is 1. The van der Waals surface area contributed by atoms with E-state index in [-0.39, 0.29) is 29.4 Å². The van der Waals surface area contributed by atoms with Gasteiger partial charge in [0.15, 0.2) is 34.7 Å². The van der Waals surface area contributed by atoms with E-state index in [0.717, 1.165) is 0 Å². The lowest BCUT2D eigenvalue weighted by atomic mass is 9.52. The zero-order valence-electron chi connectivity index (χ0n) is 21.3. The van der Waals surface area contributed by atoms with E-state index >= 15 is 0 Å². The standard InChI is InChI=1S/C25H29BrN4O8/c1-29(2)13-7-12(28-14(31)8-26)19(32)16-10(13)5-9-6-11-18(30(3)4)21(34)17(24(27)37)23(36)25(11,38)22(35)15(9)20(16)33/h7,9,11,15,17-18,32,38H,5-6,8H2,1-4H3,(H2,27,37)(H,28,31). The molecule has 0 aromatic heterocycles. The van der Waals surface area contributed by atoms with Crippen LogP contribution < -0.4 is 16.0 Å². The third kappa shape index (κ3) is 3.86. The molecule has 3 aliphatic carbocycles. The number of phenols is 1. The molecule has 0 saturated heterocycles. The number of nitrogens with one attached hydrogen (secondary N) is 1. The summed E-state index contributed by atoms with van der Waals surface area (Å²) in [5, 5.41) is 25.1. The Labute approximate surface area is 226 Å². The largest absolute Gasteiger partial charge is 0.505 e. The Morgan fingerprint density at radius 3 is 2.32 bits per heavy atom. The molecule has 3 aliphatic rings. The molecule has 0 bridgehead atoms. The van der Waals surface area contributed by atoms with Crippen LogP contribution in [0, 0.1) is 23.7 Å². The first kappa shape index (κ1) is 27.9. The molecule has 13 heteroatoms. The van der Waals surface area contributed by atoms with Crippen LogP contribution in [0.4, 0.5) is 11.4 Å². The van der Waals surface area contributed by atoms with Gasteiger partial charge in [-0.15, -0.1) is 0 Å². The van der Waals surface area contributed by atoms with E-state index in [4.69, 9.17) is 5.73 Å². The number of phenolic OH excluding ortho intramolecular Hbond substituents is 1. The Bertz CT molecular complexity index is 1290. The van der Waals surface area contributed by atoms with Crippen LogP contribution in [0.1, 0.15) is 22.3 Å². The number of nitrogens with two attached hydrogens (primary N) is 1. The number of aromatic hydroxyl groups is 1. The maximum atomic E-state index is 13.9. The van der Waals surface area contributed by atoms with Crippen LogP contribution in [0.5, 0.6) is 5.75 Å². The lowest BCUT2D eigenvalue weighted by Crippen LogP contribution is -2.74. The minimum absolute atomic E-state index is 0.0376. The second kappa shape index (κ2) is 9.54. The van der Waals surface area contributed by atoms with Crippen LogP contribution >= 0.6 is 15.9 Å². The number of amides is 2. The van der Waals surface area contributed by atoms with Gasteiger partial charge in [-0.2, -0.15) is 0 Å². The fourth-order valence-electron chi connectivity index (χ4n) is 6.33. The highest BCUT2D eigenvalue weighted by Crippen LogP contribution is 2.52. The van der Waals surface area contributed by atoms with Crippen molar-refractivity contribution >= 4 is 62.3 Å². The molecule has 5 N–H and O–H groups in total. The highest BCUT2D eigenvalue weighted by Gasteiger charge is 2.69. The van der Waals surface area contributed by atoms with Crippen molar-refractivity contribution in [3.63, 3.8) is 0 Å². The summed E-state index contributed by atoms with van der Waals surface area (Å²) in [6.07, 6.45) is 0.0825. The predicted octanol–water partition coefficient (Wildman–Crippen LogP) is -0.734. The van der Waals surface area contributed by atoms with Crippen molar-refractivity contribution in [1.82, 2.24) is 4.90 Å². The monoisotopic (exact) mass is 592 g/mol. The first-order valence-corrected chi connectivity index (χ1v) is 13.1. The number of halogens is 1. The molecule has 6 atom stereocenters. The number of carbonyl (C=O) groups is 6. The Hall–Kier alpha value is -3.16. The molecule has 0 heterocycles. The maximum absolute atomic E-state index is 13.9. The normalized spacial score (nSPS) is 30.4. The lowest BCUT2D eigenvalue weighted by Gasteiger charge is -2.52. The summed E-state index contributed by atoms with van der Waals surface area (Å²) >= 11 is 3.03. The molecule has 1 aromatic rings. The van der Waals surface area contributed by atoms with Gasteiger partial charge in [0, 0.05) is 25.7 Å². The third-order valence-electron chi connectivity index (χ3n) is 7.92. The van der Waals surface area contributed by atoms with Crippen LogP contribution in [0.15, 0.2) is 6.07 Å². The molecule has 38 heavy (non-hydrogen) atoms. The van der Waals surface area contributed by atoms with Crippen LogP contribution in [-0.4, -0.2) is 95.2 Å². The van der Waals surface area contributed by atoms with Crippen molar-refractivity contribution in [2.75, 3.05) is 43.7 Å². The summed E-state index contributed by atoms with van der Waals surface area (Å²) in [5.41, 5.74) is 3.28. The average molecular weight is 593 g/mol. The summed E-state index contributed by atoms with van der Waals surface area (Å²) in [6, 6.07) is 0.358. The topological polar surface area (TPSA) is 187 Å². The van der Waals surface area contributed by atoms with Crippen LogP contribution in [0.3, 0.4) is 0 Å². The fourth-order valence-corrected chi connectivity index (χ4v) is 6.47. The molecular formula is C25H29BrN4O8. The quantitative estimate of drug-likeness (QED) is 0.193. The third-order valence-corrected chi connectivity index (χ3v) is 8.42. The van der Waals surface area contributed by atoms with Crippen molar-refractivity contribution in [3.05, 3.63) is 17.2 Å². The van der Waals surface area contributed by atoms with Crippen molar-refractivity contribution < 1.29 is 39.0 Å². The minimum atomic E-state index is -2.79. The van der Waals surface area contributed by atoms with Gasteiger partial charge in [0.2, 0.25) is 11.8 Å². The number of ketones is 4. The van der Waals surface area contributed by atoms with Gasteiger partial charge in [-0.3, -0.25) is 33.7 Å². The van der Waals surface area contributed by atoms with E-state index in [0.29, 0.717) is 11.3 Å². The molecule has 12 nitrogen and oxygen atoms in total. The summed E-state index contributed by atoms with van der Waals surface area (Å²) < 4.78 is 0. The molecule has 4 rings (SSSR count). The number of carbonyl (C=O) groups excluding carboxylic acids is 6. The van der Waals surface area contributed by atoms with Crippen molar-refractivity contribution in [2.24, 2.45) is 29.4 Å². The van der Waals surface area contributed by atoms with Gasteiger partial charge < -0.3 is 26.2 Å². The summed E-state index contributed by atoms with van der Waals surface area (Å²) in [4.78, 5) is 81.5. The molecule has 1 aromatic carbocycles. The van der Waals surface area contributed by atoms with Crippen LogP contribution in [-0.2, 0) is 30.4 Å². The maximum Gasteiger partial charge on any atom is 0.235 e. The van der Waals surface area contributed by atoms with E-state index in [9.17, 15) is 39.0 Å². The van der Waals surface area contributed by atoms with Crippen LogP contribution in [0.25, 0.3) is 0 Å². The molecule has 204 valence electrons. The molecule has 6 unspecified atom stereocenters. The zero-order valence-corrected chi connectivity index (χ0v) is 22.9. The second-order valence-corrected chi connectivity index (χ2v) is 11.1. The number of aliphatic hydroxyl groups is 1. The molecule has 2 saturated carbocycles. The molecule has 2 fully saturated rings. The van der Waals surface area contributed by atoms with Gasteiger partial charge in [-0.25, -0.2) is 0 Å². The number of fused-ring (bicyclic) bond motifs is 3. The molecule has 2 amide bonds. The first-order chi connectivity index (χ1) is 17.7. The van der Waals surface area contributed by atoms with E-state index in [1.807, 2.05) is 0 Å². The predicted molar refractivity (Wildman–Crippen MR) is 138 cm³/mol. The Kier molecular flexibility index (Phi) is 7.00. The lowest BCUT2D eigenvalue weighted by molar-refractivity contribution is -0.181. The van der Waals surface area contributed by atoms with E-state index in [2.05, 4.69) is 21.2 Å². The van der Waals surface area contributed by atoms with Gasteiger partial charge in [0.25, 0.3) is 0 Å². The highest BCUT2D eigenvalue weighted by molar-refractivity contribution is 9.09. The van der Waals surface area contributed by atoms with Crippen molar-refractivity contribution in [3.8, 4) is 5.75 Å². The number of likely N-dealkylation sites (N-methyl/N-ethyl adjacent to an activating group) is 1. The number of anilines is 2. The molecule has 0 radical (unpaired) electrons. The van der Waals surface area contributed by atoms with E-state index in [1.165, 1.54) is 25.1 Å². The number of alkyl halides is 1. The van der Waals surface area contributed by atoms with Crippen molar-refractivity contribution in [2.45, 2.75) is 24.5 Å². The van der Waals surface area contributed by atoms with E-state index in [1.54, 1.807) is 19.0 Å². The smallest absolute Gasteiger partial charge is 0.235 e. The van der Waals surface area contributed by atoms with E-state index < -0.39 is 76.0 Å². The number of rotatable bonds is 5. The SMILES string of the molecule is CN(C)c1cc(NC(=O)CBr)c(O)c2c1CC1CC3C(N(C)C)C(=O)C(C(N)=O)C(=O)C3(O)C(=O)C1C2=O. The Morgan fingerprint density at radius 2 is 1.79 bits per heavy atom. The molecule has 0 aliphatic heterocycles. The number of Topliss-reactive ketones (excluding diaryl/α,β-unsaturated/α-hetero) is 4. The fraction of sp³-hybridized carbons (Fsp3) is 0.520. The Morgan fingerprint density at radius 1 is 1.16 bits per heavy atom. The number of hydrogen-bond donors (Lipinski definition) is 4. The van der Waals surface area contributed by atoms with Gasteiger partial charge >= 0.3 is 0 Å². The average Bonchev–Trinajstić information content (AvgIpc) is 2.82. The first-order valence-electron chi connectivity index (χ1n) is 11.9. The van der Waals surface area contributed by atoms with Gasteiger partial charge in [0.1, 0.15) is 5.75 Å². The molecule has 0 spiro atoms. The molecular weight excluding hydrogens is 564 g/mol. The van der Waals surface area contributed by atoms with Gasteiger partial charge in [-0.1, -0.05) is 15.9 Å². The number of nitrogens with zero attached hydrogens (tertiary/aromatic N) is 2. The highest BCUT2D eigenvalue weighted by atomic mass is 79.9. The Balaban J connectivity index is 1.89. The van der Waals surface area contributed by atoms with Crippen molar-refractivity contribution in [1.29, 1.82) is 0 Å². The van der Waals surface area contributed by atoms with Gasteiger partial charge in [0.05, 0.1) is 28.5 Å². The zero-order chi connectivity index (χ0) is 28.4. The minimum Gasteiger partial charge on any atom is -0.505 e. The van der Waals surface area contributed by atoms with Crippen LogP contribution in [0.2, 0.25) is 0 Å². The number of benzene rings is 1. The summed E-state index contributed by atoms with van der Waals surface area (Å²) in [5.74, 6) is -11.8. The second-order valence-electron chi connectivity index (χ2n) is 10.5. The number of hydrogen-bond acceptors (Lipinski definition) is 10.